The quantitative estimate of drug-likeness (QED) is 0.798. The van der Waals surface area contributed by atoms with Crippen LogP contribution in [0.5, 0.6) is 0 Å². The van der Waals surface area contributed by atoms with E-state index in [0.717, 1.165) is 29.7 Å². The van der Waals surface area contributed by atoms with E-state index in [-0.39, 0.29) is 0 Å². The van der Waals surface area contributed by atoms with E-state index >= 15 is 0 Å². The third kappa shape index (κ3) is 2.11. The first-order chi connectivity index (χ1) is 10.3. The number of benzene rings is 1. The summed E-state index contributed by atoms with van der Waals surface area (Å²) in [5, 5.41) is 13.6. The van der Waals surface area contributed by atoms with Crippen LogP contribution in [0.2, 0.25) is 0 Å². The van der Waals surface area contributed by atoms with Crippen LogP contribution in [-0.2, 0) is 6.42 Å². The van der Waals surface area contributed by atoms with Crippen molar-refractivity contribution in [1.82, 2.24) is 14.6 Å². The molecule has 0 radical (unpaired) electrons. The van der Waals surface area contributed by atoms with E-state index in [0.29, 0.717) is 17.0 Å². The number of nitrogen functional groups attached to an aromatic ring is 1. The summed E-state index contributed by atoms with van der Waals surface area (Å²) >= 11 is 0. The first kappa shape index (κ1) is 13.1. The number of hydrogen-bond acceptors (Lipinski definition) is 4. The van der Waals surface area contributed by atoms with Crippen molar-refractivity contribution in [2.45, 2.75) is 19.8 Å². The fraction of sp³-hybridized carbons (Fsp3) is 0.188. The van der Waals surface area contributed by atoms with Crippen LogP contribution in [0.25, 0.3) is 16.8 Å². The van der Waals surface area contributed by atoms with E-state index in [1.54, 1.807) is 4.52 Å². The molecule has 3 rings (SSSR count). The number of anilines is 1. The molecule has 2 N–H and O–H groups in total. The Morgan fingerprint density at radius 3 is 2.71 bits per heavy atom. The van der Waals surface area contributed by atoms with Crippen LogP contribution in [-0.4, -0.2) is 14.6 Å². The van der Waals surface area contributed by atoms with Gasteiger partial charge in [-0.05, 0) is 12.0 Å². The van der Waals surface area contributed by atoms with Gasteiger partial charge >= 0.3 is 0 Å². The lowest BCUT2D eigenvalue weighted by Crippen LogP contribution is -2.03. The molecule has 1 aromatic carbocycles. The Labute approximate surface area is 122 Å². The molecular weight excluding hydrogens is 262 g/mol. The molecule has 3 aromatic rings. The average molecular weight is 277 g/mol. The van der Waals surface area contributed by atoms with Gasteiger partial charge in [0.15, 0.2) is 5.65 Å². The summed E-state index contributed by atoms with van der Waals surface area (Å²) < 4.78 is 1.58. The molecule has 0 saturated carbocycles. The van der Waals surface area contributed by atoms with Gasteiger partial charge in [-0.25, -0.2) is 4.98 Å². The normalized spacial score (nSPS) is 10.7. The van der Waals surface area contributed by atoms with Crippen LogP contribution in [0.15, 0.2) is 36.5 Å². The SMILES string of the molecule is CCCc1nn2c(N)c(C#N)cnc2c1-c1ccccc1. The fourth-order valence-electron chi connectivity index (χ4n) is 2.44. The van der Waals surface area contributed by atoms with Gasteiger partial charge in [0.25, 0.3) is 0 Å². The molecule has 0 fully saturated rings. The van der Waals surface area contributed by atoms with Crippen LogP contribution >= 0.6 is 0 Å². The number of nitriles is 1. The number of aryl methyl sites for hydroxylation is 1. The van der Waals surface area contributed by atoms with E-state index in [9.17, 15) is 0 Å². The first-order valence-electron chi connectivity index (χ1n) is 6.87. The zero-order chi connectivity index (χ0) is 14.8. The summed E-state index contributed by atoms with van der Waals surface area (Å²) in [5.41, 5.74) is 10.1. The van der Waals surface area contributed by atoms with Crippen molar-refractivity contribution < 1.29 is 0 Å². The molecule has 21 heavy (non-hydrogen) atoms. The van der Waals surface area contributed by atoms with E-state index in [1.165, 1.54) is 6.20 Å². The van der Waals surface area contributed by atoms with Crippen LogP contribution in [0.3, 0.4) is 0 Å². The highest BCUT2D eigenvalue weighted by Gasteiger charge is 2.17. The minimum absolute atomic E-state index is 0.335. The highest BCUT2D eigenvalue weighted by Crippen LogP contribution is 2.29. The maximum atomic E-state index is 9.06. The number of hydrogen-bond donors (Lipinski definition) is 1. The van der Waals surface area contributed by atoms with Crippen molar-refractivity contribution in [1.29, 1.82) is 5.26 Å². The second-order valence-electron chi connectivity index (χ2n) is 4.84. The van der Waals surface area contributed by atoms with E-state index in [2.05, 4.69) is 17.0 Å². The maximum Gasteiger partial charge on any atom is 0.165 e. The molecule has 5 heteroatoms. The van der Waals surface area contributed by atoms with Crippen molar-refractivity contribution >= 4 is 11.5 Å². The minimum atomic E-state index is 0.335. The molecule has 0 aliphatic heterocycles. The van der Waals surface area contributed by atoms with Crippen molar-refractivity contribution in [2.24, 2.45) is 0 Å². The van der Waals surface area contributed by atoms with E-state index < -0.39 is 0 Å². The topological polar surface area (TPSA) is 80.0 Å². The van der Waals surface area contributed by atoms with Gasteiger partial charge < -0.3 is 5.73 Å². The molecular formula is C16H15N5. The second kappa shape index (κ2) is 5.25. The monoisotopic (exact) mass is 277 g/mol. The molecule has 0 saturated heterocycles. The zero-order valence-electron chi connectivity index (χ0n) is 11.7. The summed E-state index contributed by atoms with van der Waals surface area (Å²) in [6.07, 6.45) is 3.33. The first-order valence-corrected chi connectivity index (χ1v) is 6.87. The van der Waals surface area contributed by atoms with Gasteiger partial charge in [-0.2, -0.15) is 14.9 Å². The Bertz CT molecular complexity index is 827. The Morgan fingerprint density at radius 1 is 1.29 bits per heavy atom. The van der Waals surface area contributed by atoms with Crippen molar-refractivity contribution in [3.05, 3.63) is 47.8 Å². The van der Waals surface area contributed by atoms with Gasteiger partial charge in [-0.3, -0.25) is 0 Å². The number of aromatic nitrogens is 3. The Kier molecular flexibility index (Phi) is 3.28. The van der Waals surface area contributed by atoms with Gasteiger partial charge in [0.05, 0.1) is 11.9 Å². The van der Waals surface area contributed by atoms with E-state index in [4.69, 9.17) is 11.0 Å². The summed E-state index contributed by atoms with van der Waals surface area (Å²) in [7, 11) is 0. The standard InChI is InChI=1S/C16H15N5/c1-2-6-13-14(11-7-4-3-5-8-11)16-19-10-12(9-17)15(18)21(16)20-13/h3-5,7-8,10H,2,6,18H2,1H3. The predicted molar refractivity (Wildman–Crippen MR) is 81.5 cm³/mol. The van der Waals surface area contributed by atoms with Crippen LogP contribution in [0, 0.1) is 11.3 Å². The molecule has 0 aliphatic carbocycles. The highest BCUT2D eigenvalue weighted by atomic mass is 15.3. The Morgan fingerprint density at radius 2 is 2.05 bits per heavy atom. The molecule has 0 amide bonds. The largest absolute Gasteiger partial charge is 0.382 e. The lowest BCUT2D eigenvalue weighted by molar-refractivity contribution is 0.837. The molecule has 5 nitrogen and oxygen atoms in total. The summed E-state index contributed by atoms with van der Waals surface area (Å²) in [6.45, 7) is 2.11. The van der Waals surface area contributed by atoms with Crippen LogP contribution < -0.4 is 5.73 Å². The van der Waals surface area contributed by atoms with Gasteiger partial charge in [0.2, 0.25) is 0 Å². The summed E-state index contributed by atoms with van der Waals surface area (Å²) in [5.74, 6) is 0.335. The van der Waals surface area contributed by atoms with Gasteiger partial charge in [-0.15, -0.1) is 0 Å². The number of nitrogens with zero attached hydrogens (tertiary/aromatic N) is 4. The maximum absolute atomic E-state index is 9.06. The zero-order valence-corrected chi connectivity index (χ0v) is 11.7. The molecule has 0 atom stereocenters. The molecule has 0 unspecified atom stereocenters. The van der Waals surface area contributed by atoms with E-state index in [1.807, 2.05) is 36.4 Å². The minimum Gasteiger partial charge on any atom is -0.382 e. The molecule has 2 aromatic heterocycles. The number of nitrogens with two attached hydrogens (primary N) is 1. The molecule has 0 bridgehead atoms. The fourth-order valence-corrected chi connectivity index (χ4v) is 2.44. The number of rotatable bonds is 3. The Hall–Kier alpha value is -2.87. The molecule has 2 heterocycles. The Balaban J connectivity index is 2.34. The second-order valence-corrected chi connectivity index (χ2v) is 4.84. The van der Waals surface area contributed by atoms with Crippen molar-refractivity contribution in [3.8, 4) is 17.2 Å². The van der Waals surface area contributed by atoms with Gasteiger partial charge in [0.1, 0.15) is 17.5 Å². The van der Waals surface area contributed by atoms with Crippen molar-refractivity contribution in [2.75, 3.05) is 5.73 Å². The predicted octanol–water partition coefficient (Wildman–Crippen LogP) is 2.80. The molecule has 0 spiro atoms. The summed E-state index contributed by atoms with van der Waals surface area (Å²) in [6, 6.07) is 12.1. The van der Waals surface area contributed by atoms with Gasteiger partial charge in [-0.1, -0.05) is 43.7 Å². The van der Waals surface area contributed by atoms with Gasteiger partial charge in [0, 0.05) is 5.56 Å². The lowest BCUT2D eigenvalue weighted by atomic mass is 10.0. The lowest BCUT2D eigenvalue weighted by Gasteiger charge is -2.03. The average Bonchev–Trinajstić information content (AvgIpc) is 2.88. The molecule has 0 aliphatic rings. The summed E-state index contributed by atoms with van der Waals surface area (Å²) in [4.78, 5) is 4.39. The third-order valence-corrected chi connectivity index (χ3v) is 3.42. The third-order valence-electron chi connectivity index (χ3n) is 3.42. The number of fused-ring (bicyclic) bond motifs is 1. The molecule has 104 valence electrons. The smallest absolute Gasteiger partial charge is 0.165 e. The highest BCUT2D eigenvalue weighted by molar-refractivity contribution is 5.81. The van der Waals surface area contributed by atoms with Crippen molar-refractivity contribution in [3.63, 3.8) is 0 Å². The van der Waals surface area contributed by atoms with Crippen LogP contribution in [0.4, 0.5) is 5.82 Å². The van der Waals surface area contributed by atoms with Crippen LogP contribution in [0.1, 0.15) is 24.6 Å².